The molecule has 0 unspecified atom stereocenters. The molecule has 0 bridgehead atoms. The van der Waals surface area contributed by atoms with E-state index in [1.54, 1.807) is 25.8 Å². The van der Waals surface area contributed by atoms with Gasteiger partial charge in [-0.2, -0.15) is 0 Å². The minimum absolute atomic E-state index is 0.264. The minimum Gasteiger partial charge on any atom is -0.0587 e. The number of hydrogen-bond acceptors (Lipinski definition) is 2. The van der Waals surface area contributed by atoms with Gasteiger partial charge in [0, 0.05) is 14.7 Å². The molecule has 3 aliphatic rings. The quantitative estimate of drug-likeness (QED) is 0.415. The topological polar surface area (TPSA) is 0 Å². The van der Waals surface area contributed by atoms with Crippen molar-refractivity contribution in [3.63, 3.8) is 0 Å². The van der Waals surface area contributed by atoms with Crippen molar-refractivity contribution in [3.8, 4) is 0 Å². The molecule has 2 aliphatic heterocycles. The van der Waals surface area contributed by atoms with Crippen LogP contribution in [-0.2, 0) is 0 Å². The standard InChI is InChI=1S/C21H18S3/c1-13-3-7-15(8-4-13)19-17-11-12-18-20(23-24(22-19)21(17)18)16-9-5-14(2)6-10-16/h3-10H,11-12H2,1-2H3. The number of allylic oxidation sites excluding steroid dienone is 2. The van der Waals surface area contributed by atoms with Crippen LogP contribution in [0.1, 0.15) is 35.1 Å². The van der Waals surface area contributed by atoms with Gasteiger partial charge in [0.25, 0.3) is 0 Å². The Balaban J connectivity index is 1.56. The largest absolute Gasteiger partial charge is 0.0587 e. The molecule has 24 heavy (non-hydrogen) atoms. The first kappa shape index (κ1) is 15.1. The molecule has 3 heteroatoms. The molecule has 5 rings (SSSR count). The van der Waals surface area contributed by atoms with Crippen LogP contribution in [0.15, 0.2) is 59.7 Å². The lowest BCUT2D eigenvalue weighted by Gasteiger charge is -2.09. The first-order valence-electron chi connectivity index (χ1n) is 8.30. The maximum absolute atomic E-state index is 2.30. The predicted molar refractivity (Wildman–Crippen MR) is 113 cm³/mol. The average molecular weight is 367 g/mol. The summed E-state index contributed by atoms with van der Waals surface area (Å²) in [6, 6.07) is 18.1. The smallest absolute Gasteiger partial charge is 0.0302 e. The van der Waals surface area contributed by atoms with E-state index in [1.807, 2.05) is 0 Å². The molecule has 0 nitrogen and oxygen atoms in total. The highest BCUT2D eigenvalue weighted by Gasteiger charge is 2.39. The Kier molecular flexibility index (Phi) is 3.58. The summed E-state index contributed by atoms with van der Waals surface area (Å²) < 4.78 is 0. The highest BCUT2D eigenvalue weighted by atomic mass is 33.5. The van der Waals surface area contributed by atoms with Gasteiger partial charge in [-0.25, -0.2) is 0 Å². The summed E-state index contributed by atoms with van der Waals surface area (Å²) in [5, 5.41) is 0. The molecule has 120 valence electrons. The summed E-state index contributed by atoms with van der Waals surface area (Å²) >= 11 is 0. The van der Waals surface area contributed by atoms with Crippen molar-refractivity contribution in [1.82, 2.24) is 0 Å². The average Bonchev–Trinajstić information content (AvgIpc) is 3.25. The van der Waals surface area contributed by atoms with Crippen LogP contribution in [0.3, 0.4) is 0 Å². The molecule has 1 aliphatic carbocycles. The summed E-state index contributed by atoms with van der Waals surface area (Å²) in [5.74, 6) is 0. The van der Waals surface area contributed by atoms with Crippen LogP contribution in [-0.4, -0.2) is 4.86 Å². The molecule has 2 aromatic carbocycles. The Bertz CT molecular complexity index is 864. The molecular formula is C21H18S3. The Hall–Kier alpha value is -1.16. The van der Waals surface area contributed by atoms with Gasteiger partial charge >= 0.3 is 0 Å². The van der Waals surface area contributed by atoms with Gasteiger partial charge in [-0.1, -0.05) is 89.8 Å². The zero-order valence-corrected chi connectivity index (χ0v) is 16.2. The van der Waals surface area contributed by atoms with Crippen LogP contribution in [0.5, 0.6) is 0 Å². The van der Waals surface area contributed by atoms with Crippen molar-refractivity contribution in [2.75, 3.05) is 0 Å². The third kappa shape index (κ3) is 2.29. The highest BCUT2D eigenvalue weighted by Crippen LogP contribution is 2.70. The number of rotatable bonds is 2. The lowest BCUT2D eigenvalue weighted by molar-refractivity contribution is 1.06. The van der Waals surface area contributed by atoms with Gasteiger partial charge in [0.15, 0.2) is 0 Å². The van der Waals surface area contributed by atoms with Crippen molar-refractivity contribution < 1.29 is 0 Å². The van der Waals surface area contributed by atoms with E-state index in [-0.39, 0.29) is 8.55 Å². The normalized spacial score (nSPS) is 19.7. The third-order valence-electron chi connectivity index (χ3n) is 4.83. The Labute approximate surface area is 153 Å². The zero-order chi connectivity index (χ0) is 16.3. The van der Waals surface area contributed by atoms with Crippen LogP contribution in [0.25, 0.3) is 9.81 Å². The van der Waals surface area contributed by atoms with Crippen molar-refractivity contribution in [2.45, 2.75) is 26.7 Å². The maximum atomic E-state index is 2.30. The third-order valence-corrected chi connectivity index (χ3v) is 11.4. The molecule has 0 atom stereocenters. The monoisotopic (exact) mass is 366 g/mol. The molecule has 0 N–H and O–H groups in total. The number of hydrogen-bond donors (Lipinski definition) is 0. The maximum Gasteiger partial charge on any atom is 0.0302 e. The molecule has 0 spiro atoms. The first-order valence-corrected chi connectivity index (χ1v) is 12.2. The van der Waals surface area contributed by atoms with E-state index in [1.165, 1.54) is 35.1 Å². The summed E-state index contributed by atoms with van der Waals surface area (Å²) in [6.07, 6.45) is 2.45. The van der Waals surface area contributed by atoms with Gasteiger partial charge < -0.3 is 0 Å². The van der Waals surface area contributed by atoms with Gasteiger partial charge in [0.05, 0.1) is 0 Å². The van der Waals surface area contributed by atoms with Crippen LogP contribution in [0, 0.1) is 13.8 Å². The molecule has 0 radical (unpaired) electrons. The second-order valence-electron chi connectivity index (χ2n) is 6.58. The molecule has 0 saturated heterocycles. The Morgan fingerprint density at radius 1 is 0.667 bits per heavy atom. The predicted octanol–water partition coefficient (Wildman–Crippen LogP) is 6.98. The fourth-order valence-electron chi connectivity index (χ4n) is 3.50. The number of aryl methyl sites for hydroxylation is 2. The summed E-state index contributed by atoms with van der Waals surface area (Å²) in [4.78, 5) is 4.76. The van der Waals surface area contributed by atoms with Crippen molar-refractivity contribution in [2.24, 2.45) is 0 Å². The van der Waals surface area contributed by atoms with E-state index >= 15 is 0 Å². The Morgan fingerprint density at radius 3 is 1.50 bits per heavy atom. The number of benzene rings is 2. The molecule has 0 aromatic heterocycles. The van der Waals surface area contributed by atoms with E-state index in [0.717, 1.165) is 0 Å². The van der Waals surface area contributed by atoms with E-state index in [9.17, 15) is 0 Å². The first-order chi connectivity index (χ1) is 11.7. The summed E-state index contributed by atoms with van der Waals surface area (Å²) in [6.45, 7) is 4.32. The van der Waals surface area contributed by atoms with E-state index in [2.05, 4.69) is 84.0 Å². The fraction of sp³-hybridized carbons (Fsp3) is 0.190. The van der Waals surface area contributed by atoms with Crippen LogP contribution in [0.4, 0.5) is 0 Å². The lowest BCUT2D eigenvalue weighted by Crippen LogP contribution is -1.93. The van der Waals surface area contributed by atoms with Crippen LogP contribution < -0.4 is 0 Å². The van der Waals surface area contributed by atoms with Crippen molar-refractivity contribution in [1.29, 1.82) is 0 Å². The van der Waals surface area contributed by atoms with Gasteiger partial charge in [0.1, 0.15) is 0 Å². The van der Waals surface area contributed by atoms with Crippen LogP contribution >= 0.6 is 30.1 Å². The van der Waals surface area contributed by atoms with Crippen molar-refractivity contribution >= 4 is 44.8 Å². The zero-order valence-electron chi connectivity index (χ0n) is 13.8. The molecular weight excluding hydrogens is 348 g/mol. The van der Waals surface area contributed by atoms with Gasteiger partial charge in [-0.05, 0) is 49.0 Å². The molecule has 1 fully saturated rings. The second-order valence-corrected chi connectivity index (χ2v) is 12.2. The fourth-order valence-corrected chi connectivity index (χ4v) is 11.4. The molecule has 0 amide bonds. The Morgan fingerprint density at radius 2 is 1.08 bits per heavy atom. The minimum atomic E-state index is 0.264. The molecule has 2 aromatic rings. The van der Waals surface area contributed by atoms with E-state index in [0.29, 0.717) is 0 Å². The molecule has 2 heterocycles. The van der Waals surface area contributed by atoms with Gasteiger partial charge in [-0.3, -0.25) is 0 Å². The van der Waals surface area contributed by atoms with Crippen LogP contribution in [0.2, 0.25) is 0 Å². The summed E-state index contributed by atoms with van der Waals surface area (Å²) in [7, 11) is 4.46. The van der Waals surface area contributed by atoms with Gasteiger partial charge in [-0.15, -0.1) is 0 Å². The van der Waals surface area contributed by atoms with Crippen molar-refractivity contribution in [3.05, 3.63) is 81.9 Å². The van der Waals surface area contributed by atoms with Gasteiger partial charge in [0.2, 0.25) is 0 Å². The summed E-state index contributed by atoms with van der Waals surface area (Å²) in [5.41, 5.74) is 8.77. The molecule has 1 saturated carbocycles. The van der Waals surface area contributed by atoms with E-state index in [4.69, 9.17) is 0 Å². The SMILES string of the molecule is Cc1ccc(C2=C3CCC4=C(c5ccc(C)cc5)SS(=C34)S2)cc1. The second kappa shape index (κ2) is 5.69. The highest BCUT2D eigenvalue weighted by molar-refractivity contribution is 9.19. The van der Waals surface area contributed by atoms with E-state index < -0.39 is 0 Å². The lowest BCUT2D eigenvalue weighted by atomic mass is 10.1.